The third-order valence-corrected chi connectivity index (χ3v) is 13.4. The zero-order valence-electron chi connectivity index (χ0n) is 34.8. The summed E-state index contributed by atoms with van der Waals surface area (Å²) < 4.78 is 15.3. The molecule has 0 saturated heterocycles. The molecule has 0 fully saturated rings. The van der Waals surface area contributed by atoms with Gasteiger partial charge in [-0.05, 0) is 134 Å². The smallest absolute Gasteiger partial charge is 0.194 e. The first-order chi connectivity index (χ1) is 31.0. The van der Waals surface area contributed by atoms with Gasteiger partial charge in [0.05, 0.1) is 5.52 Å². The van der Waals surface area contributed by atoms with Crippen LogP contribution in [0.25, 0.3) is 71.3 Å². The molecule has 13 rings (SSSR count). The van der Waals surface area contributed by atoms with E-state index < -0.39 is 0 Å². The quantitative estimate of drug-likeness (QED) is 0.162. The average Bonchev–Trinajstić information content (AvgIpc) is 3.79. The molecule has 0 N–H and O–H groups in total. The number of ether oxygens (including phenoxy) is 2. The lowest BCUT2D eigenvalue weighted by Crippen LogP contribution is -2.16. The molecule has 4 heteroatoms. The maximum atomic E-state index is 6.60. The molecule has 63 heavy (non-hydrogen) atoms. The van der Waals surface area contributed by atoms with E-state index in [1.165, 1.54) is 49.2 Å². The molecule has 2 heterocycles. The number of rotatable bonds is 5. The predicted octanol–water partition coefficient (Wildman–Crippen LogP) is 16.4. The first-order valence-electron chi connectivity index (χ1n) is 21.7. The van der Waals surface area contributed by atoms with E-state index in [-0.39, 0.29) is 5.41 Å². The molecule has 298 valence electrons. The molecule has 4 nitrogen and oxygen atoms in total. The van der Waals surface area contributed by atoms with Crippen LogP contribution in [0.1, 0.15) is 25.0 Å². The summed E-state index contributed by atoms with van der Waals surface area (Å²) in [5.41, 5.74) is 14.0. The summed E-state index contributed by atoms with van der Waals surface area (Å²) in [5, 5.41) is 7.28. The highest BCUT2D eigenvalue weighted by Gasteiger charge is 2.36. The Kier molecular flexibility index (Phi) is 7.62. The van der Waals surface area contributed by atoms with Gasteiger partial charge in [-0.3, -0.25) is 0 Å². The minimum Gasteiger partial charge on any atom is -0.449 e. The minimum atomic E-state index is -0.114. The summed E-state index contributed by atoms with van der Waals surface area (Å²) in [6, 6.07) is 74.3. The monoisotopic (exact) mass is 808 g/mol. The van der Waals surface area contributed by atoms with Crippen molar-refractivity contribution in [2.24, 2.45) is 0 Å². The van der Waals surface area contributed by atoms with Gasteiger partial charge < -0.3 is 18.9 Å². The molecule has 0 unspecified atom stereocenters. The van der Waals surface area contributed by atoms with Gasteiger partial charge in [0.1, 0.15) is 5.52 Å². The van der Waals surface area contributed by atoms with Crippen molar-refractivity contribution in [3.05, 3.63) is 217 Å². The number of hydrogen-bond acceptors (Lipinski definition) is 3. The molecule has 0 spiro atoms. The lowest BCUT2D eigenvalue weighted by atomic mass is 9.82. The van der Waals surface area contributed by atoms with Gasteiger partial charge in [0.2, 0.25) is 0 Å². The van der Waals surface area contributed by atoms with Crippen LogP contribution in [0.2, 0.25) is 0 Å². The predicted molar refractivity (Wildman–Crippen MR) is 260 cm³/mol. The van der Waals surface area contributed by atoms with Gasteiger partial charge in [-0.2, -0.15) is 0 Å². The Labute approximate surface area is 365 Å². The Hall–Kier alpha value is -8.08. The molecule has 0 radical (unpaired) electrons. The molecule has 11 aromatic rings. The van der Waals surface area contributed by atoms with Crippen LogP contribution in [-0.2, 0) is 5.41 Å². The number of anilines is 3. The normalized spacial score (nSPS) is 13.3. The van der Waals surface area contributed by atoms with Crippen molar-refractivity contribution in [2.45, 2.75) is 19.3 Å². The largest absolute Gasteiger partial charge is 0.449 e. The average molecular weight is 809 g/mol. The molecule has 0 atom stereocenters. The number of hydrogen-bond donors (Lipinski definition) is 0. The van der Waals surface area contributed by atoms with Crippen LogP contribution in [0.15, 0.2) is 206 Å². The van der Waals surface area contributed by atoms with Crippen molar-refractivity contribution < 1.29 is 9.47 Å². The topological polar surface area (TPSA) is 26.6 Å². The van der Waals surface area contributed by atoms with Crippen molar-refractivity contribution >= 4 is 60.4 Å². The fourth-order valence-corrected chi connectivity index (χ4v) is 10.3. The van der Waals surface area contributed by atoms with E-state index in [9.17, 15) is 0 Å². The van der Waals surface area contributed by atoms with Gasteiger partial charge in [-0.25, -0.2) is 0 Å². The molecule has 0 amide bonds. The lowest BCUT2D eigenvalue weighted by molar-refractivity contribution is 0.362. The van der Waals surface area contributed by atoms with E-state index in [4.69, 9.17) is 9.47 Å². The van der Waals surface area contributed by atoms with E-state index >= 15 is 0 Å². The molecule has 0 bridgehead atoms. The molecule has 2 aliphatic rings. The molecular formula is C59H40N2O2. The van der Waals surface area contributed by atoms with Crippen LogP contribution in [0.4, 0.5) is 17.1 Å². The van der Waals surface area contributed by atoms with Crippen LogP contribution in [0.5, 0.6) is 23.0 Å². The van der Waals surface area contributed by atoms with E-state index in [1.54, 1.807) is 0 Å². The molecule has 1 aliphatic heterocycles. The standard InChI is InChI=1S/C59H40N2O2/c1-59(2)51-15-7-5-13-47(51)48-32-30-44(36-52(48)59)60(43-29-31-46-40(35-43)20-19-39-11-3-4-12-45(39)46)41-25-21-37(22-26-41)38-23-27-42(28-24-38)61-53-16-8-6-14-49(53)50-33-34-56-58(57(50)61)63-55-18-10-9-17-54(55)62-56/h3-36H,1-2H3. The highest BCUT2D eigenvalue weighted by Crippen LogP contribution is 2.52. The Balaban J connectivity index is 0.897. The highest BCUT2D eigenvalue weighted by atomic mass is 16.6. The fraction of sp³-hybridized carbons (Fsp3) is 0.0508. The third-order valence-electron chi connectivity index (χ3n) is 13.4. The summed E-state index contributed by atoms with van der Waals surface area (Å²) in [7, 11) is 0. The van der Waals surface area contributed by atoms with Crippen LogP contribution in [0.3, 0.4) is 0 Å². The summed E-state index contributed by atoms with van der Waals surface area (Å²) >= 11 is 0. The maximum absolute atomic E-state index is 6.60. The second-order valence-electron chi connectivity index (χ2n) is 17.3. The summed E-state index contributed by atoms with van der Waals surface area (Å²) in [5.74, 6) is 2.87. The van der Waals surface area contributed by atoms with Crippen molar-refractivity contribution in [1.29, 1.82) is 0 Å². The van der Waals surface area contributed by atoms with Gasteiger partial charge in [-0.1, -0.05) is 141 Å². The molecule has 1 aromatic heterocycles. The SMILES string of the molecule is CC1(C)c2ccccc2-c2ccc(N(c3ccc(-c4ccc(-n5c6ccccc6c6ccc7c(c65)Oc5ccccc5O7)cc4)cc3)c3ccc4c(ccc5ccccc54)c3)cc21. The Morgan fingerprint density at radius 2 is 1.02 bits per heavy atom. The van der Waals surface area contributed by atoms with Crippen LogP contribution >= 0.6 is 0 Å². The Bertz CT molecular complexity index is 3650. The number of fused-ring (bicyclic) bond motifs is 12. The van der Waals surface area contributed by atoms with Crippen molar-refractivity contribution in [3.63, 3.8) is 0 Å². The van der Waals surface area contributed by atoms with Crippen molar-refractivity contribution in [3.8, 4) is 50.9 Å². The number of aromatic nitrogens is 1. The first kappa shape index (κ1) is 35.7. The van der Waals surface area contributed by atoms with Gasteiger partial charge >= 0.3 is 0 Å². The lowest BCUT2D eigenvalue weighted by Gasteiger charge is -2.28. The van der Waals surface area contributed by atoms with Gasteiger partial charge in [0.25, 0.3) is 0 Å². The highest BCUT2D eigenvalue weighted by molar-refractivity contribution is 6.12. The van der Waals surface area contributed by atoms with E-state index in [2.05, 4.69) is 199 Å². The second kappa shape index (κ2) is 13.5. The number of nitrogens with zero attached hydrogens (tertiary/aromatic N) is 2. The molecule has 0 saturated carbocycles. The van der Waals surface area contributed by atoms with E-state index in [0.29, 0.717) is 11.5 Å². The van der Waals surface area contributed by atoms with Gasteiger partial charge in [-0.15, -0.1) is 0 Å². The molecular weight excluding hydrogens is 769 g/mol. The number of para-hydroxylation sites is 3. The van der Waals surface area contributed by atoms with Crippen molar-refractivity contribution in [1.82, 2.24) is 4.57 Å². The summed E-state index contributed by atoms with van der Waals surface area (Å²) in [6.07, 6.45) is 0. The van der Waals surface area contributed by atoms with Crippen LogP contribution in [0, 0.1) is 0 Å². The first-order valence-corrected chi connectivity index (χ1v) is 21.7. The molecule has 10 aromatic carbocycles. The maximum Gasteiger partial charge on any atom is 0.194 e. The van der Waals surface area contributed by atoms with E-state index in [1.807, 2.05) is 30.3 Å². The molecule has 1 aliphatic carbocycles. The van der Waals surface area contributed by atoms with Gasteiger partial charge in [0.15, 0.2) is 23.0 Å². The summed E-state index contributed by atoms with van der Waals surface area (Å²) in [4.78, 5) is 2.41. The van der Waals surface area contributed by atoms with Crippen LogP contribution < -0.4 is 14.4 Å². The zero-order valence-corrected chi connectivity index (χ0v) is 34.8. The minimum absolute atomic E-state index is 0.114. The zero-order chi connectivity index (χ0) is 41.8. The summed E-state index contributed by atoms with van der Waals surface area (Å²) in [6.45, 7) is 4.70. The van der Waals surface area contributed by atoms with E-state index in [0.717, 1.165) is 61.8 Å². The van der Waals surface area contributed by atoms with Crippen molar-refractivity contribution in [2.75, 3.05) is 4.90 Å². The third kappa shape index (κ3) is 5.41. The Morgan fingerprint density at radius 1 is 0.413 bits per heavy atom. The fourth-order valence-electron chi connectivity index (χ4n) is 10.3. The van der Waals surface area contributed by atoms with Gasteiger partial charge in [0, 0.05) is 38.9 Å². The second-order valence-corrected chi connectivity index (χ2v) is 17.3. The number of benzene rings is 10. The Morgan fingerprint density at radius 3 is 1.86 bits per heavy atom. The van der Waals surface area contributed by atoms with Crippen LogP contribution in [-0.4, -0.2) is 4.57 Å².